The second-order valence-corrected chi connectivity index (χ2v) is 6.40. The van der Waals surface area contributed by atoms with Gasteiger partial charge in [-0.05, 0) is 39.8 Å². The Labute approximate surface area is 146 Å². The second kappa shape index (κ2) is 8.68. The predicted octanol–water partition coefficient (Wildman–Crippen LogP) is 1.52. The van der Waals surface area contributed by atoms with E-state index in [0.717, 1.165) is 0 Å². The van der Waals surface area contributed by atoms with Crippen LogP contribution in [0.5, 0.6) is 11.5 Å². The summed E-state index contributed by atoms with van der Waals surface area (Å²) in [6.45, 7) is 6.70. The van der Waals surface area contributed by atoms with Crippen molar-refractivity contribution in [3.63, 3.8) is 0 Å². The number of carbonyl (C=O) groups excluding carboxylic acids is 2. The van der Waals surface area contributed by atoms with E-state index in [1.54, 1.807) is 27.7 Å². The van der Waals surface area contributed by atoms with Crippen LogP contribution in [-0.2, 0) is 4.74 Å². The highest BCUT2D eigenvalue weighted by Gasteiger charge is 2.25. The van der Waals surface area contributed by atoms with Gasteiger partial charge in [0.1, 0.15) is 24.1 Å². The van der Waals surface area contributed by atoms with Crippen LogP contribution >= 0.6 is 0 Å². The van der Waals surface area contributed by atoms with Gasteiger partial charge in [0.05, 0.1) is 6.61 Å². The van der Waals surface area contributed by atoms with E-state index < -0.39 is 23.9 Å². The first-order chi connectivity index (χ1) is 11.6. The van der Waals surface area contributed by atoms with Crippen LogP contribution in [0.3, 0.4) is 0 Å². The average molecular weight is 355 g/mol. The van der Waals surface area contributed by atoms with Crippen LogP contribution in [0, 0.1) is 0 Å². The third kappa shape index (κ3) is 6.24. The van der Waals surface area contributed by atoms with Crippen LogP contribution in [-0.4, -0.2) is 52.6 Å². The third-order valence-corrected chi connectivity index (χ3v) is 3.10. The summed E-state index contributed by atoms with van der Waals surface area (Å²) in [5, 5.41) is 32.8. The maximum atomic E-state index is 11.6. The lowest BCUT2D eigenvalue weighted by Crippen LogP contribution is -2.38. The third-order valence-electron chi connectivity index (χ3n) is 3.10. The Morgan fingerprint density at radius 1 is 1.32 bits per heavy atom. The van der Waals surface area contributed by atoms with Crippen LogP contribution in [0.25, 0.3) is 0 Å². The Morgan fingerprint density at radius 3 is 2.48 bits per heavy atom. The molecule has 2 unspecified atom stereocenters. The first-order valence-electron chi connectivity index (χ1n) is 7.87. The fourth-order valence-corrected chi connectivity index (χ4v) is 2.03. The summed E-state index contributed by atoms with van der Waals surface area (Å²) in [6, 6.07) is 2.57. The topological polar surface area (TPSA) is 125 Å². The number of nitrogens with one attached hydrogen (secondary N) is 1. The van der Waals surface area contributed by atoms with Crippen molar-refractivity contribution in [2.45, 2.75) is 45.5 Å². The van der Waals surface area contributed by atoms with Gasteiger partial charge in [0.25, 0.3) is 0 Å². The molecule has 1 aromatic rings. The molecule has 0 heterocycles. The largest absolute Gasteiger partial charge is 0.504 e. The Balaban J connectivity index is 2.87. The number of amides is 1. The summed E-state index contributed by atoms with van der Waals surface area (Å²) in [5.41, 5.74) is -0.606. The van der Waals surface area contributed by atoms with Gasteiger partial charge in [-0.2, -0.15) is 0 Å². The molecule has 0 fully saturated rings. The number of aldehydes is 1. The van der Waals surface area contributed by atoms with E-state index in [4.69, 9.17) is 9.47 Å². The normalized spacial score (nSPS) is 13.7. The molecule has 0 aromatic heterocycles. The zero-order valence-electron chi connectivity index (χ0n) is 14.8. The van der Waals surface area contributed by atoms with E-state index in [0.29, 0.717) is 6.29 Å². The fourth-order valence-electron chi connectivity index (χ4n) is 2.03. The van der Waals surface area contributed by atoms with E-state index in [9.17, 15) is 24.9 Å². The van der Waals surface area contributed by atoms with Crippen LogP contribution in [0.4, 0.5) is 4.79 Å². The summed E-state index contributed by atoms with van der Waals surface area (Å²) in [7, 11) is 0. The van der Waals surface area contributed by atoms with E-state index in [1.807, 2.05) is 0 Å². The van der Waals surface area contributed by atoms with Crippen molar-refractivity contribution in [3.05, 3.63) is 23.3 Å². The zero-order valence-corrected chi connectivity index (χ0v) is 14.8. The van der Waals surface area contributed by atoms with Crippen molar-refractivity contribution in [1.29, 1.82) is 0 Å². The van der Waals surface area contributed by atoms with Crippen molar-refractivity contribution in [3.8, 4) is 11.5 Å². The lowest BCUT2D eigenvalue weighted by atomic mass is 10.00. The first kappa shape index (κ1) is 20.7. The first-order valence-corrected chi connectivity index (χ1v) is 7.87. The quantitative estimate of drug-likeness (QED) is 0.546. The molecule has 0 radical (unpaired) electrons. The van der Waals surface area contributed by atoms with Crippen LogP contribution < -0.4 is 10.1 Å². The van der Waals surface area contributed by atoms with Gasteiger partial charge in [-0.1, -0.05) is 0 Å². The minimum Gasteiger partial charge on any atom is -0.504 e. The number of hydrogen-bond donors (Lipinski definition) is 4. The van der Waals surface area contributed by atoms with Crippen LogP contribution in [0.15, 0.2) is 12.1 Å². The van der Waals surface area contributed by atoms with E-state index >= 15 is 0 Å². The standard InChI is InChI=1S/C17H25NO7/c1-5-24-13-7-10(9-19)6-11(15(13)22)14(21)12(20)8-18-16(23)25-17(2,3)4/h6-7,9,12,14,20-22H,5,8H2,1-4H3,(H,18,23). The Bertz CT molecular complexity index is 610. The molecular weight excluding hydrogens is 330 g/mol. The van der Waals surface area contributed by atoms with E-state index in [2.05, 4.69) is 5.32 Å². The monoisotopic (exact) mass is 355 g/mol. The number of benzene rings is 1. The Morgan fingerprint density at radius 2 is 1.96 bits per heavy atom. The summed E-state index contributed by atoms with van der Waals surface area (Å²) in [4.78, 5) is 22.6. The van der Waals surface area contributed by atoms with Gasteiger partial charge >= 0.3 is 6.09 Å². The van der Waals surface area contributed by atoms with Crippen molar-refractivity contribution < 1.29 is 34.4 Å². The van der Waals surface area contributed by atoms with Gasteiger partial charge in [-0.25, -0.2) is 4.79 Å². The average Bonchev–Trinajstić information content (AvgIpc) is 2.52. The lowest BCUT2D eigenvalue weighted by Gasteiger charge is -2.23. The molecule has 1 amide bonds. The van der Waals surface area contributed by atoms with Crippen molar-refractivity contribution in [2.24, 2.45) is 0 Å². The molecule has 4 N–H and O–H groups in total. The summed E-state index contributed by atoms with van der Waals surface area (Å²) < 4.78 is 10.2. The molecule has 0 aliphatic rings. The summed E-state index contributed by atoms with van der Waals surface area (Å²) >= 11 is 0. The minimum atomic E-state index is -1.55. The lowest BCUT2D eigenvalue weighted by molar-refractivity contribution is 0.0117. The number of ether oxygens (including phenoxy) is 2. The Kier molecular flexibility index (Phi) is 7.20. The molecule has 140 valence electrons. The molecule has 1 rings (SSSR count). The molecule has 1 aromatic carbocycles. The smallest absolute Gasteiger partial charge is 0.407 e. The second-order valence-electron chi connectivity index (χ2n) is 6.40. The molecule has 0 aliphatic carbocycles. The fraction of sp³-hybridized carbons (Fsp3) is 0.529. The molecule has 0 saturated heterocycles. The van der Waals surface area contributed by atoms with Gasteiger partial charge in [0.15, 0.2) is 11.5 Å². The number of aliphatic hydroxyl groups excluding tert-OH is 2. The predicted molar refractivity (Wildman–Crippen MR) is 89.9 cm³/mol. The number of alkyl carbamates (subject to hydrolysis) is 1. The SMILES string of the molecule is CCOc1cc(C=O)cc(C(O)C(O)CNC(=O)OC(C)(C)C)c1O. The van der Waals surface area contributed by atoms with Gasteiger partial charge in [-0.3, -0.25) is 4.79 Å². The molecular formula is C17H25NO7. The van der Waals surface area contributed by atoms with Crippen molar-refractivity contribution >= 4 is 12.4 Å². The van der Waals surface area contributed by atoms with Crippen molar-refractivity contribution in [1.82, 2.24) is 5.32 Å². The molecule has 8 heteroatoms. The number of rotatable bonds is 7. The number of phenols is 1. The zero-order chi connectivity index (χ0) is 19.2. The van der Waals surface area contributed by atoms with E-state index in [-0.39, 0.29) is 35.8 Å². The van der Waals surface area contributed by atoms with E-state index in [1.165, 1.54) is 12.1 Å². The summed E-state index contributed by atoms with van der Waals surface area (Å²) in [5.74, 6) is -0.357. The van der Waals surface area contributed by atoms with Gasteiger partial charge in [0, 0.05) is 17.7 Å². The molecule has 0 aliphatic heterocycles. The Hall–Kier alpha value is -2.32. The highest BCUT2D eigenvalue weighted by molar-refractivity contribution is 5.77. The number of aromatic hydroxyl groups is 1. The number of phenolic OH excluding ortho intramolecular Hbond substituents is 1. The minimum absolute atomic E-state index is 0.0217. The number of aliphatic hydroxyl groups is 2. The highest BCUT2D eigenvalue weighted by atomic mass is 16.6. The molecule has 0 bridgehead atoms. The molecule has 8 nitrogen and oxygen atoms in total. The molecule has 2 atom stereocenters. The van der Waals surface area contributed by atoms with Gasteiger partial charge in [-0.15, -0.1) is 0 Å². The molecule has 0 saturated carbocycles. The molecule has 25 heavy (non-hydrogen) atoms. The number of carbonyl (C=O) groups is 2. The van der Waals surface area contributed by atoms with Gasteiger partial charge < -0.3 is 30.1 Å². The highest BCUT2D eigenvalue weighted by Crippen LogP contribution is 2.36. The van der Waals surface area contributed by atoms with Crippen LogP contribution in [0.2, 0.25) is 0 Å². The van der Waals surface area contributed by atoms with Gasteiger partial charge in [0.2, 0.25) is 0 Å². The maximum absolute atomic E-state index is 11.6. The number of hydrogen-bond acceptors (Lipinski definition) is 7. The van der Waals surface area contributed by atoms with Crippen LogP contribution in [0.1, 0.15) is 49.7 Å². The van der Waals surface area contributed by atoms with Crippen molar-refractivity contribution in [2.75, 3.05) is 13.2 Å². The summed E-state index contributed by atoms with van der Waals surface area (Å²) in [6.07, 6.45) is -3.20. The maximum Gasteiger partial charge on any atom is 0.407 e. The molecule has 0 spiro atoms.